The number of hydrogen-bond acceptors (Lipinski definition) is 7. The number of esters is 1. The lowest BCUT2D eigenvalue weighted by molar-refractivity contribution is -0.159. The minimum atomic E-state index is -1.07. The average molecular weight is 414 g/mol. The van der Waals surface area contributed by atoms with E-state index < -0.39 is 36.4 Å². The van der Waals surface area contributed by atoms with E-state index in [-0.39, 0.29) is 25.2 Å². The van der Waals surface area contributed by atoms with Crippen LogP contribution < -0.4 is 14.8 Å². The van der Waals surface area contributed by atoms with Gasteiger partial charge in [0.1, 0.15) is 6.54 Å². The van der Waals surface area contributed by atoms with Gasteiger partial charge in [0.15, 0.2) is 17.6 Å². The molecule has 4 rings (SSSR count). The molecular formula is C21H22N2O7. The summed E-state index contributed by atoms with van der Waals surface area (Å²) in [7, 11) is 0. The summed E-state index contributed by atoms with van der Waals surface area (Å²) in [4.78, 5) is 50.2. The Labute approximate surface area is 172 Å². The Morgan fingerprint density at radius 2 is 1.80 bits per heavy atom. The number of carbonyl (C=O) groups is 4. The first-order valence-corrected chi connectivity index (χ1v) is 9.80. The van der Waals surface area contributed by atoms with Crippen LogP contribution in [0, 0.1) is 11.8 Å². The van der Waals surface area contributed by atoms with E-state index in [9.17, 15) is 19.2 Å². The first kappa shape index (κ1) is 19.9. The molecule has 9 heteroatoms. The monoisotopic (exact) mass is 414 g/mol. The second-order valence-corrected chi connectivity index (χ2v) is 7.46. The summed E-state index contributed by atoms with van der Waals surface area (Å²) >= 11 is 0. The van der Waals surface area contributed by atoms with Crippen LogP contribution >= 0.6 is 0 Å². The maximum Gasteiger partial charge on any atom is 0.326 e. The van der Waals surface area contributed by atoms with Gasteiger partial charge in [0, 0.05) is 6.54 Å². The summed E-state index contributed by atoms with van der Waals surface area (Å²) in [6.45, 7) is 1.34. The number of ether oxygens (including phenoxy) is 3. The number of likely N-dealkylation sites (tertiary alicyclic amines) is 1. The van der Waals surface area contributed by atoms with Gasteiger partial charge in [-0.2, -0.15) is 0 Å². The lowest BCUT2D eigenvalue weighted by Crippen LogP contribution is -2.40. The van der Waals surface area contributed by atoms with Gasteiger partial charge in [-0.05, 0) is 37.5 Å². The fourth-order valence-electron chi connectivity index (χ4n) is 3.83. The highest BCUT2D eigenvalue weighted by Gasteiger charge is 2.47. The molecule has 30 heavy (non-hydrogen) atoms. The second-order valence-electron chi connectivity index (χ2n) is 7.46. The SMILES string of the molecule is C[C@H](OC(=O)CN1C(=O)[C@H]2CC=CC[C@H]2C1=O)C(=O)NCc1ccc2c(c1)OCO2. The maximum atomic E-state index is 12.4. The fraction of sp³-hybridized carbons (Fsp3) is 0.429. The second kappa shape index (κ2) is 8.17. The molecule has 0 radical (unpaired) electrons. The van der Waals surface area contributed by atoms with Crippen molar-refractivity contribution in [3.8, 4) is 11.5 Å². The van der Waals surface area contributed by atoms with Crippen molar-refractivity contribution in [3.05, 3.63) is 35.9 Å². The van der Waals surface area contributed by atoms with Gasteiger partial charge in [0.05, 0.1) is 11.8 Å². The predicted octanol–water partition coefficient (Wildman–Crippen LogP) is 0.914. The Bertz CT molecular complexity index is 900. The number of imide groups is 1. The van der Waals surface area contributed by atoms with Crippen LogP contribution in [0.5, 0.6) is 11.5 Å². The van der Waals surface area contributed by atoms with Crippen molar-refractivity contribution in [3.63, 3.8) is 0 Å². The normalized spacial score (nSPS) is 22.6. The van der Waals surface area contributed by atoms with Gasteiger partial charge in [-0.1, -0.05) is 18.2 Å². The molecule has 0 saturated carbocycles. The highest BCUT2D eigenvalue weighted by atomic mass is 16.7. The fourth-order valence-corrected chi connectivity index (χ4v) is 3.83. The number of hydrogen-bond donors (Lipinski definition) is 1. The highest BCUT2D eigenvalue weighted by molar-refractivity contribution is 6.07. The van der Waals surface area contributed by atoms with Crippen LogP contribution in [-0.4, -0.2) is 48.0 Å². The average Bonchev–Trinajstić information content (AvgIpc) is 3.30. The Hall–Kier alpha value is -3.36. The zero-order valence-corrected chi connectivity index (χ0v) is 16.5. The van der Waals surface area contributed by atoms with Crippen LogP contribution in [0.25, 0.3) is 0 Å². The molecule has 1 aromatic rings. The van der Waals surface area contributed by atoms with E-state index in [0.29, 0.717) is 24.3 Å². The molecule has 0 bridgehead atoms. The summed E-state index contributed by atoms with van der Waals surface area (Å²) in [6, 6.07) is 5.31. The predicted molar refractivity (Wildman–Crippen MR) is 102 cm³/mol. The number of nitrogens with zero attached hydrogens (tertiary/aromatic N) is 1. The van der Waals surface area contributed by atoms with E-state index in [1.807, 2.05) is 12.2 Å². The number of amides is 3. The number of allylic oxidation sites excluding steroid dienone is 2. The lowest BCUT2D eigenvalue weighted by Gasteiger charge is -2.17. The largest absolute Gasteiger partial charge is 0.454 e. The maximum absolute atomic E-state index is 12.4. The number of carbonyl (C=O) groups excluding carboxylic acids is 4. The number of fused-ring (bicyclic) bond motifs is 2. The van der Waals surface area contributed by atoms with E-state index in [2.05, 4.69) is 5.32 Å². The van der Waals surface area contributed by atoms with Crippen molar-refractivity contribution < 1.29 is 33.4 Å². The lowest BCUT2D eigenvalue weighted by atomic mass is 9.85. The molecule has 158 valence electrons. The molecule has 1 fully saturated rings. The molecule has 3 atom stereocenters. The number of nitrogens with one attached hydrogen (secondary N) is 1. The van der Waals surface area contributed by atoms with Crippen molar-refractivity contribution in [2.24, 2.45) is 11.8 Å². The van der Waals surface area contributed by atoms with E-state index in [4.69, 9.17) is 14.2 Å². The van der Waals surface area contributed by atoms with Crippen LogP contribution in [-0.2, 0) is 30.5 Å². The standard InChI is InChI=1S/C21H22N2O7/c1-12(19(25)22-9-13-6-7-16-17(8-13)29-11-28-16)30-18(24)10-23-20(26)14-4-2-3-5-15(14)21(23)27/h2-3,6-8,12,14-15H,4-5,9-11H2,1H3,(H,22,25)/t12-,14-,15+/m0/s1. The summed E-state index contributed by atoms with van der Waals surface area (Å²) in [6.07, 6.45) is 3.68. The minimum Gasteiger partial charge on any atom is -0.454 e. The van der Waals surface area contributed by atoms with Crippen LogP contribution in [0.15, 0.2) is 30.4 Å². The Balaban J connectivity index is 1.26. The first-order chi connectivity index (χ1) is 14.4. The third-order valence-corrected chi connectivity index (χ3v) is 5.47. The highest BCUT2D eigenvalue weighted by Crippen LogP contribution is 2.35. The van der Waals surface area contributed by atoms with E-state index in [0.717, 1.165) is 10.5 Å². The van der Waals surface area contributed by atoms with Crippen molar-refractivity contribution in [2.75, 3.05) is 13.3 Å². The van der Waals surface area contributed by atoms with Crippen LogP contribution in [0.1, 0.15) is 25.3 Å². The van der Waals surface area contributed by atoms with Crippen molar-refractivity contribution >= 4 is 23.7 Å². The van der Waals surface area contributed by atoms with Gasteiger partial charge in [-0.3, -0.25) is 24.1 Å². The van der Waals surface area contributed by atoms with Gasteiger partial charge in [0.2, 0.25) is 18.6 Å². The van der Waals surface area contributed by atoms with Gasteiger partial charge in [-0.15, -0.1) is 0 Å². The summed E-state index contributed by atoms with van der Waals surface area (Å²) in [5, 5.41) is 2.68. The van der Waals surface area contributed by atoms with E-state index in [1.165, 1.54) is 6.92 Å². The molecule has 9 nitrogen and oxygen atoms in total. The number of rotatable bonds is 6. The Kier molecular flexibility index (Phi) is 5.43. The molecule has 2 aliphatic heterocycles. The molecule has 1 aliphatic carbocycles. The molecule has 1 N–H and O–H groups in total. The van der Waals surface area contributed by atoms with Crippen molar-refractivity contribution in [1.82, 2.24) is 10.2 Å². The minimum absolute atomic E-state index is 0.165. The molecule has 1 aromatic carbocycles. The molecule has 3 aliphatic rings. The topological polar surface area (TPSA) is 111 Å². The summed E-state index contributed by atoms with van der Waals surface area (Å²) in [5.41, 5.74) is 0.801. The van der Waals surface area contributed by atoms with Crippen LogP contribution in [0.2, 0.25) is 0 Å². The van der Waals surface area contributed by atoms with Gasteiger partial charge in [0.25, 0.3) is 5.91 Å². The zero-order valence-electron chi connectivity index (χ0n) is 16.5. The molecule has 2 heterocycles. The van der Waals surface area contributed by atoms with Crippen molar-refractivity contribution in [2.45, 2.75) is 32.4 Å². The number of benzene rings is 1. The Morgan fingerprint density at radius 3 is 2.50 bits per heavy atom. The zero-order chi connectivity index (χ0) is 21.3. The van der Waals surface area contributed by atoms with Crippen LogP contribution in [0.3, 0.4) is 0 Å². The van der Waals surface area contributed by atoms with Gasteiger partial charge < -0.3 is 19.5 Å². The van der Waals surface area contributed by atoms with Crippen molar-refractivity contribution in [1.29, 1.82) is 0 Å². The molecule has 0 unspecified atom stereocenters. The molecule has 1 saturated heterocycles. The summed E-state index contributed by atoms with van der Waals surface area (Å²) in [5.74, 6) is -1.55. The molecule has 0 aromatic heterocycles. The van der Waals surface area contributed by atoms with E-state index in [1.54, 1.807) is 18.2 Å². The quantitative estimate of drug-likeness (QED) is 0.418. The summed E-state index contributed by atoms with van der Waals surface area (Å²) < 4.78 is 15.7. The van der Waals surface area contributed by atoms with Crippen LogP contribution in [0.4, 0.5) is 0 Å². The third-order valence-electron chi connectivity index (χ3n) is 5.47. The smallest absolute Gasteiger partial charge is 0.326 e. The molecule has 0 spiro atoms. The first-order valence-electron chi connectivity index (χ1n) is 9.80. The van der Waals surface area contributed by atoms with Gasteiger partial charge in [-0.25, -0.2) is 0 Å². The Morgan fingerprint density at radius 1 is 1.13 bits per heavy atom. The van der Waals surface area contributed by atoms with Gasteiger partial charge >= 0.3 is 5.97 Å². The third kappa shape index (κ3) is 3.87. The molecule has 3 amide bonds. The molecular weight excluding hydrogens is 392 g/mol. The van der Waals surface area contributed by atoms with E-state index >= 15 is 0 Å².